The van der Waals surface area contributed by atoms with Crippen molar-refractivity contribution in [3.05, 3.63) is 24.1 Å². The predicted octanol–water partition coefficient (Wildman–Crippen LogP) is 3.53. The van der Waals surface area contributed by atoms with Gasteiger partial charge >= 0.3 is 5.97 Å². The van der Waals surface area contributed by atoms with Gasteiger partial charge in [0.1, 0.15) is 11.9 Å². The highest BCUT2D eigenvalue weighted by Gasteiger charge is 2.28. The molecule has 1 saturated heterocycles. The van der Waals surface area contributed by atoms with Gasteiger partial charge in [0.25, 0.3) is 0 Å². The molecule has 25 heavy (non-hydrogen) atoms. The number of nitrogens with one attached hydrogen (secondary N) is 2. The molecule has 0 spiro atoms. The van der Waals surface area contributed by atoms with Crippen LogP contribution in [0.5, 0.6) is 0 Å². The Morgan fingerprint density at radius 3 is 2.56 bits per heavy atom. The second-order valence-corrected chi connectivity index (χ2v) is 7.50. The highest BCUT2D eigenvalue weighted by atomic mass is 16.5. The van der Waals surface area contributed by atoms with E-state index < -0.39 is 5.97 Å². The summed E-state index contributed by atoms with van der Waals surface area (Å²) in [7, 11) is 0. The summed E-state index contributed by atoms with van der Waals surface area (Å²) in [6.07, 6.45) is 9.54. The molecule has 4 atom stereocenters. The van der Waals surface area contributed by atoms with E-state index in [-0.39, 0.29) is 5.92 Å². The van der Waals surface area contributed by atoms with Gasteiger partial charge in [-0.05, 0) is 57.0 Å². The first kappa shape index (κ1) is 21.6. The van der Waals surface area contributed by atoms with Crippen LogP contribution in [0.15, 0.2) is 24.1 Å². The zero-order chi connectivity index (χ0) is 18.8. The maximum Gasteiger partial charge on any atom is 0.306 e. The quantitative estimate of drug-likeness (QED) is 0.654. The zero-order valence-electron chi connectivity index (χ0n) is 16.4. The van der Waals surface area contributed by atoms with Gasteiger partial charge in [-0.2, -0.15) is 0 Å². The molecule has 1 fully saturated rings. The summed E-state index contributed by atoms with van der Waals surface area (Å²) >= 11 is 0. The monoisotopic (exact) mass is 352 g/mol. The molecule has 5 nitrogen and oxygen atoms in total. The summed E-state index contributed by atoms with van der Waals surface area (Å²) < 4.78 is 6.31. The third kappa shape index (κ3) is 7.95. The Bertz CT molecular complexity index is 454. The van der Waals surface area contributed by atoms with E-state index in [0.29, 0.717) is 24.0 Å². The molecule has 0 bridgehead atoms. The van der Waals surface area contributed by atoms with Gasteiger partial charge in [-0.3, -0.25) is 4.79 Å². The number of carboxylic acids is 1. The van der Waals surface area contributed by atoms with Crippen molar-refractivity contribution >= 4 is 5.97 Å². The smallest absolute Gasteiger partial charge is 0.306 e. The van der Waals surface area contributed by atoms with E-state index >= 15 is 0 Å². The summed E-state index contributed by atoms with van der Waals surface area (Å²) in [6, 6.07) is 0.291. The summed E-state index contributed by atoms with van der Waals surface area (Å²) in [5.41, 5.74) is 0. The van der Waals surface area contributed by atoms with Crippen LogP contribution in [0.2, 0.25) is 0 Å². The Kier molecular flexibility index (Phi) is 9.65. The van der Waals surface area contributed by atoms with Gasteiger partial charge in [-0.1, -0.05) is 27.7 Å². The standard InChI is InChI=1S/C15H26N2O.C5H10O2/c1-11(2)9-15(13-6-8-16-10-13)18-14-5-4-7-17-12(14)3;1-3-4(2)5(6)7/h4-5,7,11-13,15-17H,6,8-10H2,1-3H3;4H,3H2,1-2H3,(H,6,7). The Balaban J connectivity index is 0.000000381. The van der Waals surface area contributed by atoms with Crippen molar-refractivity contribution in [2.75, 3.05) is 13.1 Å². The predicted molar refractivity (Wildman–Crippen MR) is 102 cm³/mol. The molecule has 4 unspecified atom stereocenters. The van der Waals surface area contributed by atoms with Gasteiger partial charge in [0, 0.05) is 12.5 Å². The lowest BCUT2D eigenvalue weighted by molar-refractivity contribution is -0.141. The molecule has 0 radical (unpaired) electrons. The number of aliphatic carboxylic acids is 1. The molecule has 0 aliphatic carbocycles. The highest BCUT2D eigenvalue weighted by Crippen LogP contribution is 2.25. The number of dihydropyridines is 1. The molecule has 0 aromatic heterocycles. The van der Waals surface area contributed by atoms with Gasteiger partial charge in [0.15, 0.2) is 0 Å². The second kappa shape index (κ2) is 11.2. The van der Waals surface area contributed by atoms with Crippen LogP contribution >= 0.6 is 0 Å². The molecular weight excluding hydrogens is 316 g/mol. The fourth-order valence-electron chi connectivity index (χ4n) is 2.86. The summed E-state index contributed by atoms with van der Waals surface area (Å²) in [6.45, 7) is 12.5. The Morgan fingerprint density at radius 2 is 2.12 bits per heavy atom. The molecule has 0 saturated carbocycles. The van der Waals surface area contributed by atoms with Crippen LogP contribution in [0.3, 0.4) is 0 Å². The summed E-state index contributed by atoms with van der Waals surface area (Å²) in [5, 5.41) is 14.9. The average Bonchev–Trinajstić information content (AvgIpc) is 3.10. The number of hydrogen-bond acceptors (Lipinski definition) is 4. The van der Waals surface area contributed by atoms with Crippen LogP contribution < -0.4 is 10.6 Å². The van der Waals surface area contributed by atoms with Crippen molar-refractivity contribution in [1.29, 1.82) is 0 Å². The van der Waals surface area contributed by atoms with Crippen molar-refractivity contribution in [2.45, 2.75) is 66.0 Å². The topological polar surface area (TPSA) is 70.6 Å². The number of hydrogen-bond donors (Lipinski definition) is 3. The first-order chi connectivity index (χ1) is 11.8. The van der Waals surface area contributed by atoms with E-state index in [2.05, 4.69) is 37.5 Å². The minimum atomic E-state index is -0.706. The van der Waals surface area contributed by atoms with Crippen molar-refractivity contribution < 1.29 is 14.6 Å². The number of ether oxygens (including phenoxy) is 1. The molecule has 144 valence electrons. The van der Waals surface area contributed by atoms with Gasteiger partial charge in [-0.25, -0.2) is 0 Å². The molecule has 5 heteroatoms. The third-order valence-electron chi connectivity index (χ3n) is 4.78. The molecule has 2 heterocycles. The fraction of sp³-hybridized carbons (Fsp3) is 0.750. The number of carbonyl (C=O) groups is 1. The number of rotatable bonds is 7. The molecule has 2 aliphatic heterocycles. The van der Waals surface area contributed by atoms with Crippen LogP contribution in [-0.4, -0.2) is 36.3 Å². The van der Waals surface area contributed by atoms with Crippen LogP contribution in [0.1, 0.15) is 53.9 Å². The van der Waals surface area contributed by atoms with E-state index in [1.807, 2.05) is 19.2 Å². The maximum absolute atomic E-state index is 9.93. The fourth-order valence-corrected chi connectivity index (χ4v) is 2.86. The van der Waals surface area contributed by atoms with Crippen molar-refractivity contribution in [2.24, 2.45) is 17.8 Å². The van der Waals surface area contributed by atoms with Crippen LogP contribution in [0.4, 0.5) is 0 Å². The van der Waals surface area contributed by atoms with E-state index in [0.717, 1.165) is 31.7 Å². The minimum absolute atomic E-state index is 0.181. The molecule has 2 rings (SSSR count). The molecule has 0 aromatic rings. The van der Waals surface area contributed by atoms with Crippen LogP contribution in [-0.2, 0) is 9.53 Å². The Labute approximate surface area is 152 Å². The first-order valence-electron chi connectivity index (χ1n) is 9.58. The molecular formula is C20H36N2O3. The van der Waals surface area contributed by atoms with Crippen LogP contribution in [0, 0.1) is 17.8 Å². The lowest BCUT2D eigenvalue weighted by Gasteiger charge is -2.30. The van der Waals surface area contributed by atoms with E-state index in [1.165, 1.54) is 6.42 Å². The van der Waals surface area contributed by atoms with Gasteiger partial charge < -0.3 is 20.5 Å². The van der Waals surface area contributed by atoms with E-state index in [1.54, 1.807) is 6.92 Å². The van der Waals surface area contributed by atoms with Gasteiger partial charge in [0.05, 0.1) is 12.0 Å². The molecule has 3 N–H and O–H groups in total. The average molecular weight is 353 g/mol. The molecule has 0 amide bonds. The van der Waals surface area contributed by atoms with Crippen molar-refractivity contribution in [3.63, 3.8) is 0 Å². The lowest BCUT2D eigenvalue weighted by Crippen LogP contribution is -2.33. The number of allylic oxidation sites excluding steroid dienone is 2. The minimum Gasteiger partial charge on any atom is -0.492 e. The molecule has 0 aromatic carbocycles. The Hall–Kier alpha value is -1.49. The van der Waals surface area contributed by atoms with Gasteiger partial charge in [-0.15, -0.1) is 0 Å². The summed E-state index contributed by atoms with van der Waals surface area (Å²) in [5.74, 6) is 1.53. The lowest BCUT2D eigenvalue weighted by atomic mass is 9.93. The van der Waals surface area contributed by atoms with Gasteiger partial charge in [0.2, 0.25) is 0 Å². The zero-order valence-corrected chi connectivity index (χ0v) is 16.4. The Morgan fingerprint density at radius 1 is 1.40 bits per heavy atom. The molecule has 2 aliphatic rings. The SMILES string of the molecule is CC(C)CC(OC1=CC=CNC1C)C1CCNC1.CCC(C)C(=O)O. The van der Waals surface area contributed by atoms with Crippen molar-refractivity contribution in [1.82, 2.24) is 10.6 Å². The number of carboxylic acid groups (broad SMARTS) is 1. The first-order valence-corrected chi connectivity index (χ1v) is 9.58. The van der Waals surface area contributed by atoms with Crippen molar-refractivity contribution in [3.8, 4) is 0 Å². The summed E-state index contributed by atoms with van der Waals surface area (Å²) in [4.78, 5) is 9.93. The van der Waals surface area contributed by atoms with E-state index in [4.69, 9.17) is 9.84 Å². The third-order valence-corrected chi connectivity index (χ3v) is 4.78. The highest BCUT2D eigenvalue weighted by molar-refractivity contribution is 5.69. The second-order valence-electron chi connectivity index (χ2n) is 7.50. The van der Waals surface area contributed by atoms with E-state index in [9.17, 15) is 4.79 Å². The maximum atomic E-state index is 9.93. The normalized spacial score (nSPS) is 24.6. The van der Waals surface area contributed by atoms with Crippen LogP contribution in [0.25, 0.3) is 0 Å². The largest absolute Gasteiger partial charge is 0.492 e.